The molecule has 4 heteroatoms. The molecule has 0 amide bonds. The van der Waals surface area contributed by atoms with Crippen LogP contribution >= 0.6 is 0 Å². The average molecular weight is 192 g/mol. The van der Waals surface area contributed by atoms with Gasteiger partial charge in [0.25, 0.3) is 0 Å². The topological polar surface area (TPSA) is 42.7 Å². The van der Waals surface area contributed by atoms with Crippen LogP contribution in [-0.2, 0) is 6.54 Å². The molecule has 1 saturated carbocycles. The molecule has 1 aromatic heterocycles. The van der Waals surface area contributed by atoms with Gasteiger partial charge in [-0.2, -0.15) is 0 Å². The highest BCUT2D eigenvalue weighted by Crippen LogP contribution is 2.31. The van der Waals surface area contributed by atoms with Crippen LogP contribution in [0.15, 0.2) is 6.20 Å². The Morgan fingerprint density at radius 1 is 1.43 bits per heavy atom. The van der Waals surface area contributed by atoms with Crippen LogP contribution in [0.3, 0.4) is 0 Å². The van der Waals surface area contributed by atoms with Crippen LogP contribution in [-0.4, -0.2) is 28.1 Å². The molecule has 4 nitrogen and oxygen atoms in total. The summed E-state index contributed by atoms with van der Waals surface area (Å²) in [6, 6.07) is 0. The Balaban J connectivity index is 1.77. The van der Waals surface area contributed by atoms with Gasteiger partial charge in [-0.3, -0.25) is 0 Å². The molecule has 3 rings (SSSR count). The summed E-state index contributed by atoms with van der Waals surface area (Å²) >= 11 is 0. The van der Waals surface area contributed by atoms with Crippen molar-refractivity contribution in [1.82, 2.24) is 20.3 Å². The van der Waals surface area contributed by atoms with Crippen molar-refractivity contribution in [2.45, 2.75) is 31.7 Å². The van der Waals surface area contributed by atoms with Crippen molar-refractivity contribution in [2.75, 3.05) is 13.1 Å². The zero-order chi connectivity index (χ0) is 9.38. The zero-order valence-electron chi connectivity index (χ0n) is 8.32. The molecule has 0 aromatic carbocycles. The normalized spacial score (nSPS) is 27.0. The van der Waals surface area contributed by atoms with E-state index in [-0.39, 0.29) is 0 Å². The summed E-state index contributed by atoms with van der Waals surface area (Å²) in [5.74, 6) is 1.52. The fourth-order valence-electron chi connectivity index (χ4n) is 2.18. The third kappa shape index (κ3) is 1.54. The maximum Gasteiger partial charge on any atom is 0.0728 e. The average Bonchev–Trinajstić information content (AvgIpc) is 2.68. The minimum absolute atomic E-state index is 0.642. The van der Waals surface area contributed by atoms with Crippen LogP contribution in [0.2, 0.25) is 0 Å². The van der Waals surface area contributed by atoms with Crippen molar-refractivity contribution in [1.29, 1.82) is 0 Å². The van der Waals surface area contributed by atoms with E-state index in [1.54, 1.807) is 0 Å². The molecule has 0 bridgehead atoms. The van der Waals surface area contributed by atoms with Gasteiger partial charge in [-0.05, 0) is 31.7 Å². The van der Waals surface area contributed by atoms with E-state index in [1.165, 1.54) is 25.0 Å². The summed E-state index contributed by atoms with van der Waals surface area (Å²) in [5, 5.41) is 11.6. The molecule has 1 atom stereocenters. The van der Waals surface area contributed by atoms with E-state index in [9.17, 15) is 0 Å². The van der Waals surface area contributed by atoms with E-state index in [0.717, 1.165) is 25.6 Å². The van der Waals surface area contributed by atoms with Crippen LogP contribution in [0.1, 0.15) is 30.9 Å². The lowest BCUT2D eigenvalue weighted by Gasteiger charge is -2.09. The molecular weight excluding hydrogens is 176 g/mol. The highest BCUT2D eigenvalue weighted by Gasteiger charge is 2.26. The van der Waals surface area contributed by atoms with Gasteiger partial charge in [-0.15, -0.1) is 5.10 Å². The Hall–Kier alpha value is -0.900. The fraction of sp³-hybridized carbons (Fsp3) is 0.800. The maximum absolute atomic E-state index is 4.18. The van der Waals surface area contributed by atoms with Crippen molar-refractivity contribution in [3.63, 3.8) is 0 Å². The summed E-state index contributed by atoms with van der Waals surface area (Å²) in [7, 11) is 0. The summed E-state index contributed by atoms with van der Waals surface area (Å²) < 4.78 is 2.12. The smallest absolute Gasteiger partial charge is 0.0728 e. The van der Waals surface area contributed by atoms with E-state index in [4.69, 9.17) is 0 Å². The van der Waals surface area contributed by atoms with Gasteiger partial charge in [-0.25, -0.2) is 4.68 Å². The van der Waals surface area contributed by atoms with Gasteiger partial charge < -0.3 is 5.32 Å². The predicted octanol–water partition coefficient (Wildman–Crippen LogP) is 0.765. The summed E-state index contributed by atoms with van der Waals surface area (Å²) in [6.45, 7) is 3.32. The molecule has 2 fully saturated rings. The maximum atomic E-state index is 4.18. The first-order valence-electron chi connectivity index (χ1n) is 5.52. The van der Waals surface area contributed by atoms with Crippen LogP contribution in [0.4, 0.5) is 0 Å². The second-order valence-electron chi connectivity index (χ2n) is 4.47. The van der Waals surface area contributed by atoms with E-state index in [0.29, 0.717) is 5.92 Å². The Bertz CT molecular complexity index is 310. The molecule has 1 aliphatic carbocycles. The van der Waals surface area contributed by atoms with Crippen molar-refractivity contribution >= 4 is 0 Å². The molecule has 0 radical (unpaired) electrons. The Morgan fingerprint density at radius 2 is 2.36 bits per heavy atom. The van der Waals surface area contributed by atoms with Gasteiger partial charge >= 0.3 is 0 Å². The summed E-state index contributed by atoms with van der Waals surface area (Å²) in [5.41, 5.74) is 1.34. The third-order valence-corrected chi connectivity index (χ3v) is 3.25. The van der Waals surface area contributed by atoms with Crippen LogP contribution in [0.5, 0.6) is 0 Å². The summed E-state index contributed by atoms with van der Waals surface area (Å²) in [4.78, 5) is 0. The molecule has 1 N–H and O–H groups in total. The van der Waals surface area contributed by atoms with Gasteiger partial charge in [0.2, 0.25) is 0 Å². The molecule has 1 aliphatic heterocycles. The second-order valence-corrected chi connectivity index (χ2v) is 4.47. The van der Waals surface area contributed by atoms with Crippen molar-refractivity contribution in [3.05, 3.63) is 11.9 Å². The lowest BCUT2D eigenvalue weighted by Crippen LogP contribution is -2.13. The largest absolute Gasteiger partial charge is 0.316 e. The van der Waals surface area contributed by atoms with E-state index in [1.807, 2.05) is 6.20 Å². The van der Waals surface area contributed by atoms with Crippen LogP contribution in [0, 0.1) is 5.92 Å². The third-order valence-electron chi connectivity index (χ3n) is 3.25. The number of hydrogen-bond donors (Lipinski definition) is 1. The number of nitrogens with zero attached hydrogens (tertiary/aromatic N) is 3. The molecule has 1 saturated heterocycles. The lowest BCUT2D eigenvalue weighted by atomic mass is 10.1. The molecule has 1 aromatic rings. The minimum Gasteiger partial charge on any atom is -0.316 e. The van der Waals surface area contributed by atoms with Gasteiger partial charge in [0.05, 0.1) is 11.9 Å². The number of aromatic nitrogens is 3. The first-order valence-corrected chi connectivity index (χ1v) is 5.52. The van der Waals surface area contributed by atoms with Crippen LogP contribution in [0.25, 0.3) is 0 Å². The number of hydrogen-bond acceptors (Lipinski definition) is 3. The van der Waals surface area contributed by atoms with Gasteiger partial charge in [0.1, 0.15) is 0 Å². The van der Waals surface area contributed by atoms with Crippen molar-refractivity contribution in [3.8, 4) is 0 Å². The van der Waals surface area contributed by atoms with Crippen molar-refractivity contribution < 1.29 is 0 Å². The Labute approximate surface area is 83.7 Å². The van der Waals surface area contributed by atoms with E-state index >= 15 is 0 Å². The quantitative estimate of drug-likeness (QED) is 0.769. The Kier molecular flexibility index (Phi) is 2.01. The van der Waals surface area contributed by atoms with E-state index < -0.39 is 0 Å². The van der Waals surface area contributed by atoms with E-state index in [2.05, 4.69) is 20.3 Å². The number of rotatable bonds is 3. The zero-order valence-corrected chi connectivity index (χ0v) is 8.32. The molecule has 0 spiro atoms. The van der Waals surface area contributed by atoms with Gasteiger partial charge in [0, 0.05) is 19.0 Å². The second kappa shape index (κ2) is 3.35. The standard InChI is InChI=1S/C10H16N4/c1-2-8(1)7-14-10(6-12-13-14)9-3-4-11-5-9/h6,8-9,11H,1-5,7H2. The highest BCUT2D eigenvalue weighted by atomic mass is 15.4. The minimum atomic E-state index is 0.642. The molecular formula is C10H16N4. The first-order chi connectivity index (χ1) is 6.93. The van der Waals surface area contributed by atoms with Gasteiger partial charge in [-0.1, -0.05) is 5.21 Å². The molecule has 14 heavy (non-hydrogen) atoms. The number of nitrogens with one attached hydrogen (secondary N) is 1. The lowest BCUT2D eigenvalue weighted by molar-refractivity contribution is 0.506. The Morgan fingerprint density at radius 3 is 3.07 bits per heavy atom. The van der Waals surface area contributed by atoms with Crippen LogP contribution < -0.4 is 5.32 Å². The molecule has 76 valence electrons. The first kappa shape index (κ1) is 8.41. The highest BCUT2D eigenvalue weighted by molar-refractivity contribution is 5.07. The summed E-state index contributed by atoms with van der Waals surface area (Å²) in [6.07, 6.45) is 5.93. The molecule has 2 heterocycles. The van der Waals surface area contributed by atoms with Gasteiger partial charge in [0.15, 0.2) is 0 Å². The fourth-order valence-corrected chi connectivity index (χ4v) is 2.18. The SMILES string of the molecule is c1nnn(CC2CC2)c1C1CCNC1. The van der Waals surface area contributed by atoms with Crippen molar-refractivity contribution in [2.24, 2.45) is 5.92 Å². The molecule has 2 aliphatic rings. The monoisotopic (exact) mass is 192 g/mol. The molecule has 1 unspecified atom stereocenters. The predicted molar refractivity (Wildman–Crippen MR) is 53.0 cm³/mol.